The van der Waals surface area contributed by atoms with Gasteiger partial charge in [0.15, 0.2) is 7.14 Å². The van der Waals surface area contributed by atoms with Crippen LogP contribution in [0.15, 0.2) is 145 Å². The van der Waals surface area contributed by atoms with Crippen molar-refractivity contribution in [2.45, 2.75) is 270 Å². The Hall–Kier alpha value is -3.00. The molecule has 0 amide bonds. The van der Waals surface area contributed by atoms with Gasteiger partial charge in [0, 0.05) is 32.2 Å². The summed E-state index contributed by atoms with van der Waals surface area (Å²) in [6.45, 7) is 31.7. The molecule has 6 fully saturated rings. The standard InChI is InChI=1S/C54H70O2P2.C32H56O.2CH4.B/c1-40(2)19-18-20-41(3)49-31-32-50-48-30-29-42-39-43(33-36-53(42,4)51(48)34-37-54(49,50)5)56-38-35-52(57(44-21-10-6-11-22-44)45-23-12-7-13-24-45)58(55,46-25-14-8-15-26-46)47-27-16-9-17-28-47;1-22(2)9-8-10-24(5)28-13-14-29-27-12-11-25-21-26(33-20-17-23(3)4)15-18-31(25,6)30(27)16-19-32(28,29)7;;;/h6-17,21-29,40-41,43,48-52H,18-20,30-39H2,1-5H3;11,22-24,26-30H,8-10,12-21H2,1-7H3;2*1H4;/t41-,43+,48+,49-,50+,51+,52?,53+,54-;24-,26+,27+,28-,29+,30+,31+,32-;;;/m11.../s1. The summed E-state index contributed by atoms with van der Waals surface area (Å²) in [5.41, 5.74) is 5.37. The molecular formula is C88H134BO3P2. The van der Waals surface area contributed by atoms with Gasteiger partial charge in [0.1, 0.15) is 0 Å². The number of hydrogen-bond donors (Lipinski definition) is 0. The third kappa shape index (κ3) is 16.1. The average molecular weight is 1310 g/mol. The Morgan fingerprint density at radius 1 is 0.447 bits per heavy atom. The van der Waals surface area contributed by atoms with Crippen molar-refractivity contribution < 1.29 is 14.0 Å². The third-order valence-corrected chi connectivity index (χ3v) is 34.8. The van der Waals surface area contributed by atoms with Crippen LogP contribution in [-0.2, 0) is 14.0 Å². The topological polar surface area (TPSA) is 35.5 Å². The first kappa shape index (κ1) is 76.8. The van der Waals surface area contributed by atoms with E-state index in [1.165, 1.54) is 145 Å². The van der Waals surface area contributed by atoms with Crippen LogP contribution in [0.25, 0.3) is 0 Å². The second kappa shape index (κ2) is 33.4. The van der Waals surface area contributed by atoms with Crippen LogP contribution >= 0.6 is 15.1 Å². The summed E-state index contributed by atoms with van der Waals surface area (Å²) >= 11 is 0. The summed E-state index contributed by atoms with van der Waals surface area (Å²) in [5.74, 6) is 11.5. The molecule has 4 aromatic carbocycles. The van der Waals surface area contributed by atoms with E-state index in [0.29, 0.717) is 34.4 Å². The number of rotatable bonds is 24. The minimum Gasteiger partial charge on any atom is -0.378 e. The number of ether oxygens (including phenoxy) is 2. The quantitative estimate of drug-likeness (QED) is 0.0398. The van der Waals surface area contributed by atoms with Gasteiger partial charge < -0.3 is 14.0 Å². The van der Waals surface area contributed by atoms with Crippen LogP contribution in [-0.4, -0.2) is 39.2 Å². The molecule has 0 aliphatic heterocycles. The molecule has 8 aliphatic rings. The van der Waals surface area contributed by atoms with Crippen LogP contribution in [0.1, 0.15) is 252 Å². The second-order valence-corrected chi connectivity index (χ2v) is 39.6. The van der Waals surface area contributed by atoms with Gasteiger partial charge in [-0.2, -0.15) is 0 Å². The lowest BCUT2D eigenvalue weighted by atomic mass is 9.47. The van der Waals surface area contributed by atoms with Crippen molar-refractivity contribution in [3.8, 4) is 0 Å². The summed E-state index contributed by atoms with van der Waals surface area (Å²) in [4.78, 5) is 0. The van der Waals surface area contributed by atoms with Crippen molar-refractivity contribution in [1.82, 2.24) is 0 Å². The van der Waals surface area contributed by atoms with Gasteiger partial charge in [-0.3, -0.25) is 0 Å². The van der Waals surface area contributed by atoms with Gasteiger partial charge in [0.2, 0.25) is 0 Å². The Labute approximate surface area is 581 Å². The van der Waals surface area contributed by atoms with Crippen molar-refractivity contribution in [2.75, 3.05) is 13.2 Å². The first-order chi connectivity index (χ1) is 43.8. The predicted molar refractivity (Wildman–Crippen MR) is 411 cm³/mol. The fourth-order valence-electron chi connectivity index (χ4n) is 22.3. The number of hydrogen-bond acceptors (Lipinski definition) is 3. The molecule has 8 aliphatic carbocycles. The molecule has 0 saturated heterocycles. The van der Waals surface area contributed by atoms with E-state index in [2.05, 4.69) is 204 Å². The third-order valence-electron chi connectivity index (χ3n) is 27.4. The van der Waals surface area contributed by atoms with Crippen molar-refractivity contribution in [3.63, 3.8) is 0 Å². The molecule has 0 spiro atoms. The van der Waals surface area contributed by atoms with E-state index in [0.717, 1.165) is 113 Å². The molecule has 0 bridgehead atoms. The highest BCUT2D eigenvalue weighted by Gasteiger charge is 2.61. The van der Waals surface area contributed by atoms with Crippen LogP contribution in [0.4, 0.5) is 0 Å². The molecule has 17 atom stereocenters. The van der Waals surface area contributed by atoms with Crippen molar-refractivity contribution in [2.24, 2.45) is 98.6 Å². The summed E-state index contributed by atoms with van der Waals surface area (Å²) in [6.07, 6.45) is 38.3. The largest absolute Gasteiger partial charge is 0.378 e. The average Bonchev–Trinajstić information content (AvgIpc) is 1.37. The first-order valence-electron chi connectivity index (χ1n) is 38.0. The minimum absolute atomic E-state index is 0. The lowest BCUT2D eigenvalue weighted by Crippen LogP contribution is -2.51. The molecule has 94 heavy (non-hydrogen) atoms. The normalized spacial score (nSPS) is 32.6. The Bertz CT molecular complexity index is 2950. The van der Waals surface area contributed by atoms with E-state index in [1.807, 2.05) is 12.1 Å². The van der Waals surface area contributed by atoms with Crippen LogP contribution in [0.5, 0.6) is 0 Å². The molecule has 0 N–H and O–H groups in total. The van der Waals surface area contributed by atoms with Gasteiger partial charge in [-0.25, -0.2) is 0 Å². The molecular weight excluding hydrogens is 1180 g/mol. The Kier molecular flexibility index (Phi) is 27.3. The summed E-state index contributed by atoms with van der Waals surface area (Å²) < 4.78 is 29.7. The van der Waals surface area contributed by atoms with Crippen LogP contribution < -0.4 is 21.2 Å². The number of allylic oxidation sites excluding steroid dienone is 2. The molecule has 12 rings (SSSR count). The van der Waals surface area contributed by atoms with E-state index in [-0.39, 0.29) is 34.8 Å². The van der Waals surface area contributed by atoms with Crippen LogP contribution in [0.3, 0.4) is 0 Å². The molecule has 0 aromatic heterocycles. The van der Waals surface area contributed by atoms with Crippen molar-refractivity contribution >= 4 is 44.7 Å². The zero-order chi connectivity index (χ0) is 64.1. The van der Waals surface area contributed by atoms with E-state index in [1.54, 1.807) is 11.1 Å². The van der Waals surface area contributed by atoms with Gasteiger partial charge in [0.25, 0.3) is 0 Å². The van der Waals surface area contributed by atoms with Gasteiger partial charge in [0.05, 0.1) is 17.6 Å². The summed E-state index contributed by atoms with van der Waals surface area (Å²) in [6, 6.07) is 42.5. The van der Waals surface area contributed by atoms with E-state index in [4.69, 9.17) is 9.47 Å². The van der Waals surface area contributed by atoms with E-state index < -0.39 is 15.1 Å². The predicted octanol–water partition coefficient (Wildman–Crippen LogP) is 23.6. The summed E-state index contributed by atoms with van der Waals surface area (Å²) in [5, 5.41) is 4.31. The molecule has 3 nitrogen and oxygen atoms in total. The Morgan fingerprint density at radius 2 is 0.819 bits per heavy atom. The number of fused-ring (bicyclic) bond motifs is 10. The highest BCUT2D eigenvalue weighted by Crippen LogP contribution is 2.70. The fourth-order valence-corrected chi connectivity index (χ4v) is 30.3. The van der Waals surface area contributed by atoms with Crippen LogP contribution in [0.2, 0.25) is 0 Å². The van der Waals surface area contributed by atoms with Gasteiger partial charge in [-0.05, 0) is 233 Å². The highest BCUT2D eigenvalue weighted by molar-refractivity contribution is 7.92. The Balaban J connectivity index is 0.000000269. The minimum atomic E-state index is -3.14. The van der Waals surface area contributed by atoms with E-state index >= 15 is 4.57 Å². The molecule has 6 heteroatoms. The smallest absolute Gasteiger partial charge is 0.150 e. The first-order valence-corrected chi connectivity index (χ1v) is 41.2. The van der Waals surface area contributed by atoms with Gasteiger partial charge >= 0.3 is 0 Å². The molecule has 4 aromatic rings. The maximum atomic E-state index is 16.3. The lowest BCUT2D eigenvalue weighted by molar-refractivity contribution is -0.0644. The molecule has 3 radical (unpaired) electrons. The molecule has 0 heterocycles. The molecule has 1 unspecified atom stereocenters. The zero-order valence-electron chi connectivity index (χ0n) is 60.0. The van der Waals surface area contributed by atoms with Crippen LogP contribution in [0, 0.1) is 98.6 Å². The maximum absolute atomic E-state index is 16.3. The van der Waals surface area contributed by atoms with Crippen molar-refractivity contribution in [3.05, 3.63) is 145 Å². The van der Waals surface area contributed by atoms with Gasteiger partial charge in [-0.1, -0.05) is 281 Å². The second-order valence-electron chi connectivity index (χ2n) is 33.9. The molecule has 517 valence electrons. The fraction of sp³-hybridized carbons (Fsp3) is 0.682. The zero-order valence-corrected chi connectivity index (χ0v) is 61.8. The highest BCUT2D eigenvalue weighted by atomic mass is 31.2. The lowest BCUT2D eigenvalue weighted by Gasteiger charge is -2.58. The SMILES string of the molecule is C.C.CC(C)CCC[C@@H](C)[C@H]1CC[C@H]2[C@@H]3CC=C4C[C@@H](OCCC(C)C)CC[C@]4(C)[C@H]3CC[C@]12C.CC(C)CCC[C@@H](C)[C@H]1CC[C@H]2[C@@H]3CC=C4C[C@@H](OCCC(P(c5ccccc5)c5ccccc5)P(=O)(c5ccccc5)c5ccccc5)CC[C@]4(C)[C@H]3CC[C@]12C.[B]. The van der Waals surface area contributed by atoms with Crippen molar-refractivity contribution in [1.29, 1.82) is 0 Å². The Morgan fingerprint density at radius 3 is 1.20 bits per heavy atom. The van der Waals surface area contributed by atoms with Gasteiger partial charge in [-0.15, -0.1) is 0 Å². The maximum Gasteiger partial charge on any atom is 0.150 e. The van der Waals surface area contributed by atoms with E-state index in [9.17, 15) is 0 Å². The summed E-state index contributed by atoms with van der Waals surface area (Å²) in [7, 11) is -4.13. The molecule has 6 saturated carbocycles. The number of benzene rings is 4. The monoisotopic (exact) mass is 1310 g/mol.